The first kappa shape index (κ1) is 35.1. The van der Waals surface area contributed by atoms with Crippen molar-refractivity contribution in [2.75, 3.05) is 0 Å². The number of carbonyl (C=O) groups excluding carboxylic acids is 1. The maximum Gasteiger partial charge on any atom is 0.220 e. The summed E-state index contributed by atoms with van der Waals surface area (Å²) in [5.74, 6) is 0.409. The summed E-state index contributed by atoms with van der Waals surface area (Å²) in [6.07, 6.45) is 10.4. The molecule has 5 aliphatic heterocycles. The quantitative estimate of drug-likeness (QED) is 0.164. The van der Waals surface area contributed by atoms with E-state index in [1.54, 1.807) is 0 Å². The van der Waals surface area contributed by atoms with Gasteiger partial charge in [0.05, 0.1) is 34.2 Å². The van der Waals surface area contributed by atoms with Crippen LogP contribution in [0.2, 0.25) is 0 Å². The molecular formula is C50H45N5O2. The van der Waals surface area contributed by atoms with E-state index in [9.17, 15) is 9.90 Å². The third kappa shape index (κ3) is 5.39. The van der Waals surface area contributed by atoms with Crippen molar-refractivity contribution in [3.63, 3.8) is 0 Å². The molecule has 2 atom stereocenters. The van der Waals surface area contributed by atoms with Gasteiger partial charge >= 0.3 is 0 Å². The summed E-state index contributed by atoms with van der Waals surface area (Å²) in [7, 11) is 0. The second kappa shape index (κ2) is 13.1. The fourth-order valence-electron chi connectivity index (χ4n) is 9.90. The Morgan fingerprint density at radius 3 is 2.39 bits per heavy atom. The Balaban J connectivity index is 0.994. The minimum atomic E-state index is -0.00110. The summed E-state index contributed by atoms with van der Waals surface area (Å²) in [6, 6.07) is 19.5. The third-order valence-corrected chi connectivity index (χ3v) is 13.1. The van der Waals surface area contributed by atoms with E-state index in [1.165, 1.54) is 37.9 Å². The Bertz CT molecular complexity index is 2900. The highest BCUT2D eigenvalue weighted by Gasteiger charge is 2.41. The molecule has 10 rings (SSSR count). The van der Waals surface area contributed by atoms with Crippen molar-refractivity contribution in [2.24, 2.45) is 26.8 Å². The molecule has 1 saturated heterocycles. The van der Waals surface area contributed by atoms with E-state index in [4.69, 9.17) is 15.0 Å². The molecule has 0 radical (unpaired) electrons. The first-order valence-corrected chi connectivity index (χ1v) is 20.1. The van der Waals surface area contributed by atoms with Crippen LogP contribution >= 0.6 is 0 Å². The van der Waals surface area contributed by atoms with Gasteiger partial charge in [0.25, 0.3) is 0 Å². The summed E-state index contributed by atoms with van der Waals surface area (Å²) in [5.41, 5.74) is 15.4. The number of nitrogens with one attached hydrogen (secondary N) is 2. The number of rotatable bonds is 7. The summed E-state index contributed by atoms with van der Waals surface area (Å²) < 4.78 is 0. The van der Waals surface area contributed by atoms with Gasteiger partial charge < -0.3 is 15.7 Å². The molecule has 1 amide bonds. The average molecular weight is 748 g/mol. The first-order chi connectivity index (χ1) is 27.6. The summed E-state index contributed by atoms with van der Waals surface area (Å²) in [4.78, 5) is 29.2. The van der Waals surface area contributed by atoms with Gasteiger partial charge in [-0.25, -0.2) is 15.0 Å². The molecule has 3 N–H and O–H groups in total. The van der Waals surface area contributed by atoms with Crippen molar-refractivity contribution in [1.29, 1.82) is 0 Å². The Labute approximate surface area is 332 Å². The molecule has 6 aliphatic rings. The number of fused-ring (bicyclic) bond motifs is 5. The summed E-state index contributed by atoms with van der Waals surface area (Å²) in [5, 5.41) is 25.9. The molecule has 1 fully saturated rings. The van der Waals surface area contributed by atoms with Crippen LogP contribution in [0, 0.1) is 11.8 Å². The number of benzene rings is 4. The van der Waals surface area contributed by atoms with Gasteiger partial charge in [-0.1, -0.05) is 81.1 Å². The van der Waals surface area contributed by atoms with Gasteiger partial charge in [-0.3, -0.25) is 4.79 Å². The molecule has 4 aromatic carbocycles. The van der Waals surface area contributed by atoms with Crippen LogP contribution in [0.4, 0.5) is 0 Å². The predicted octanol–water partition coefficient (Wildman–Crippen LogP) is 10.8. The average Bonchev–Trinajstić information content (AvgIpc) is 3.97. The predicted molar refractivity (Wildman–Crippen MR) is 233 cm³/mol. The van der Waals surface area contributed by atoms with Crippen LogP contribution in [-0.2, 0) is 11.3 Å². The van der Waals surface area contributed by atoms with Gasteiger partial charge in [-0.15, -0.1) is 0 Å². The lowest BCUT2D eigenvalue weighted by atomic mass is 9.86. The summed E-state index contributed by atoms with van der Waals surface area (Å²) in [6.45, 7) is 15.2. The van der Waals surface area contributed by atoms with E-state index in [0.717, 1.165) is 91.0 Å². The number of amides is 1. The zero-order valence-electron chi connectivity index (χ0n) is 33.1. The van der Waals surface area contributed by atoms with Crippen molar-refractivity contribution >= 4 is 55.4 Å². The maximum absolute atomic E-state index is 13.8. The lowest BCUT2D eigenvalue weighted by Gasteiger charge is -2.18. The van der Waals surface area contributed by atoms with Gasteiger partial charge in [0.1, 0.15) is 5.76 Å². The zero-order chi connectivity index (χ0) is 39.3. The molecule has 8 bridgehead atoms. The lowest BCUT2D eigenvalue weighted by molar-refractivity contribution is -0.121. The highest BCUT2D eigenvalue weighted by Crippen LogP contribution is 2.46. The normalized spacial score (nSPS) is 21.6. The van der Waals surface area contributed by atoms with Crippen LogP contribution in [0.15, 0.2) is 174 Å². The largest absolute Gasteiger partial charge is 0.511 e. The molecule has 282 valence electrons. The number of allylic oxidation sites excluding steroid dienone is 12. The first-order valence-electron chi connectivity index (χ1n) is 20.1. The van der Waals surface area contributed by atoms with Crippen molar-refractivity contribution in [3.05, 3.63) is 164 Å². The minimum absolute atomic E-state index is 0.00110. The van der Waals surface area contributed by atoms with Crippen molar-refractivity contribution in [3.8, 4) is 0 Å². The van der Waals surface area contributed by atoms with Crippen LogP contribution in [0.3, 0.4) is 0 Å². The van der Waals surface area contributed by atoms with Crippen LogP contribution < -0.4 is 10.6 Å². The second-order valence-corrected chi connectivity index (χ2v) is 16.1. The standard InChI is InChI=1S/C50H45N5O2/c1-7-33-25(3)38-21-40-27(5)35(18-19-45(57)51-24-32-15-14-31-13-12-29-10-9-11-30-16-17-36(32)48(31)47(29)30)49(54-40)37-20-44(56)46-28(6)41(55-50(37)46)23-43-34(8-2)26(4)39(53-43)22-42(33)52-38/h7,9-17,21-23,27,35,54,56H,1,8,18-20,24H2,2-6H3,(H,51,57)/t27-,35-/m0/s1. The molecule has 7 heteroatoms. The highest BCUT2D eigenvalue weighted by molar-refractivity contribution is 6.24. The number of aliphatic hydroxyl groups is 1. The molecular weight excluding hydrogens is 703 g/mol. The Morgan fingerprint density at radius 1 is 0.895 bits per heavy atom. The molecule has 0 aromatic heterocycles. The number of hydrogen-bond acceptors (Lipinski definition) is 6. The monoisotopic (exact) mass is 747 g/mol. The van der Waals surface area contributed by atoms with Crippen molar-refractivity contribution < 1.29 is 9.90 Å². The van der Waals surface area contributed by atoms with Gasteiger partial charge in [-0.2, -0.15) is 0 Å². The van der Waals surface area contributed by atoms with E-state index in [-0.39, 0.29) is 17.7 Å². The highest BCUT2D eigenvalue weighted by atomic mass is 16.3. The van der Waals surface area contributed by atoms with Crippen LogP contribution in [0.25, 0.3) is 32.3 Å². The number of aliphatic imine (C=N–C) groups is 3. The minimum Gasteiger partial charge on any atom is -0.511 e. The van der Waals surface area contributed by atoms with E-state index in [1.807, 2.05) is 13.0 Å². The molecule has 7 nitrogen and oxygen atoms in total. The van der Waals surface area contributed by atoms with Crippen LogP contribution in [0.1, 0.15) is 65.9 Å². The van der Waals surface area contributed by atoms with Crippen LogP contribution in [-0.4, -0.2) is 28.1 Å². The van der Waals surface area contributed by atoms with Gasteiger partial charge in [0.15, 0.2) is 0 Å². The number of nitrogens with zero attached hydrogens (tertiary/aromatic N) is 3. The number of carbonyl (C=O) groups is 1. The zero-order valence-corrected chi connectivity index (χ0v) is 33.1. The Hall–Kier alpha value is -6.34. The maximum atomic E-state index is 13.8. The van der Waals surface area contributed by atoms with Crippen molar-refractivity contribution in [2.45, 2.75) is 66.8 Å². The van der Waals surface area contributed by atoms with E-state index >= 15 is 0 Å². The van der Waals surface area contributed by atoms with Gasteiger partial charge in [0, 0.05) is 59.3 Å². The van der Waals surface area contributed by atoms with E-state index < -0.39 is 0 Å². The van der Waals surface area contributed by atoms with E-state index in [0.29, 0.717) is 31.6 Å². The molecule has 5 heterocycles. The Kier molecular flexibility index (Phi) is 8.08. The SMILES string of the molecule is C=CC1=C(C)C2=NC1=CC1=NC(=CC3=C(C)C4=C(O)CC(=C5NC(=C2)[C@@H](C)[C@@H]5CCC(=O)NCc2ccc5ccc6cccc7ccc2c5c67)C4=N3)C(CC)=C1C. The third-order valence-electron chi connectivity index (χ3n) is 13.1. The summed E-state index contributed by atoms with van der Waals surface area (Å²) >= 11 is 0. The second-order valence-electron chi connectivity index (χ2n) is 16.1. The van der Waals surface area contributed by atoms with E-state index in [2.05, 4.69) is 118 Å². The fourth-order valence-corrected chi connectivity index (χ4v) is 9.90. The molecule has 1 aliphatic carbocycles. The molecule has 57 heavy (non-hydrogen) atoms. The van der Waals surface area contributed by atoms with Gasteiger partial charge in [0.2, 0.25) is 5.91 Å². The molecule has 0 unspecified atom stereocenters. The number of aliphatic hydroxyl groups excluding tert-OH is 1. The molecule has 0 saturated carbocycles. The van der Waals surface area contributed by atoms with Crippen molar-refractivity contribution in [1.82, 2.24) is 10.6 Å². The number of hydrogen-bond donors (Lipinski definition) is 3. The molecule has 4 aromatic rings. The lowest BCUT2D eigenvalue weighted by Crippen LogP contribution is -2.24. The van der Waals surface area contributed by atoms with Crippen LogP contribution in [0.5, 0.6) is 0 Å². The Morgan fingerprint density at radius 2 is 1.61 bits per heavy atom. The molecule has 0 spiro atoms. The smallest absolute Gasteiger partial charge is 0.220 e. The topological polar surface area (TPSA) is 98.4 Å². The fraction of sp³-hybridized carbons (Fsp3) is 0.240. The van der Waals surface area contributed by atoms with Gasteiger partial charge in [-0.05, 0) is 112 Å².